The number of hydrogen-bond acceptors (Lipinski definition) is 5. The van der Waals surface area contributed by atoms with E-state index < -0.39 is 0 Å². The highest BCUT2D eigenvalue weighted by Crippen LogP contribution is 2.26. The first kappa shape index (κ1) is 19.5. The maximum atomic E-state index is 12.6. The largest absolute Gasteiger partial charge is 0.356 e. The molecule has 3 heterocycles. The summed E-state index contributed by atoms with van der Waals surface area (Å²) in [5.41, 5.74) is 1.91. The molecule has 2 fully saturated rings. The molecule has 0 radical (unpaired) electrons. The molecule has 0 N–H and O–H groups in total. The van der Waals surface area contributed by atoms with Gasteiger partial charge in [-0.1, -0.05) is 35.5 Å². The summed E-state index contributed by atoms with van der Waals surface area (Å²) >= 11 is 7.78. The number of anilines is 1. The van der Waals surface area contributed by atoms with Crippen LogP contribution in [-0.2, 0) is 5.75 Å². The summed E-state index contributed by atoms with van der Waals surface area (Å²) < 4.78 is 0. The number of aromatic nitrogens is 2. The number of carbonyl (C=O) groups is 1. The van der Waals surface area contributed by atoms with E-state index in [1.54, 1.807) is 11.8 Å². The molecule has 148 valence electrons. The molecule has 2 aliphatic rings. The van der Waals surface area contributed by atoms with Crippen LogP contribution in [0.1, 0.15) is 48.0 Å². The zero-order valence-electron chi connectivity index (χ0n) is 15.9. The number of benzene rings is 1. The van der Waals surface area contributed by atoms with Gasteiger partial charge in [-0.05, 0) is 49.8 Å². The molecule has 0 bridgehead atoms. The van der Waals surface area contributed by atoms with Gasteiger partial charge in [0.05, 0.1) is 0 Å². The second kappa shape index (κ2) is 9.14. The highest BCUT2D eigenvalue weighted by atomic mass is 35.5. The Bertz CT molecular complexity index is 818. The van der Waals surface area contributed by atoms with E-state index in [1.165, 1.54) is 19.3 Å². The summed E-state index contributed by atoms with van der Waals surface area (Å²) in [6.07, 6.45) is 5.85. The minimum Gasteiger partial charge on any atom is -0.356 e. The third-order valence-electron chi connectivity index (χ3n) is 5.30. The fourth-order valence-corrected chi connectivity index (χ4v) is 4.77. The molecule has 2 saturated heterocycles. The van der Waals surface area contributed by atoms with Crippen LogP contribution >= 0.6 is 23.4 Å². The predicted molar refractivity (Wildman–Crippen MR) is 114 cm³/mol. The first-order valence-corrected chi connectivity index (χ1v) is 11.4. The molecular weight excluding hydrogens is 392 g/mol. The van der Waals surface area contributed by atoms with E-state index in [-0.39, 0.29) is 5.91 Å². The first-order valence-electron chi connectivity index (χ1n) is 9.99. The van der Waals surface area contributed by atoms with Crippen molar-refractivity contribution >= 4 is 35.1 Å². The second-order valence-electron chi connectivity index (χ2n) is 7.36. The average Bonchev–Trinajstić information content (AvgIpc) is 3.27. The van der Waals surface area contributed by atoms with Gasteiger partial charge >= 0.3 is 0 Å². The van der Waals surface area contributed by atoms with Crippen LogP contribution in [0.5, 0.6) is 0 Å². The zero-order chi connectivity index (χ0) is 19.3. The average molecular weight is 417 g/mol. The highest BCUT2D eigenvalue weighted by Gasteiger charge is 2.18. The van der Waals surface area contributed by atoms with Crippen molar-refractivity contribution in [2.24, 2.45) is 0 Å². The number of likely N-dealkylation sites (tertiary alicyclic amines) is 1. The lowest BCUT2D eigenvalue weighted by molar-refractivity contribution is 0.0724. The van der Waals surface area contributed by atoms with Gasteiger partial charge < -0.3 is 9.80 Å². The third kappa shape index (κ3) is 4.78. The van der Waals surface area contributed by atoms with Gasteiger partial charge in [-0.15, -0.1) is 0 Å². The second-order valence-corrected chi connectivity index (χ2v) is 8.69. The number of piperidine rings is 1. The SMILES string of the molecule is O=C(c1ccc(CSc2nc(Cl)cc(N3CCCC3)n2)cc1)N1CCCCC1. The molecule has 2 aliphatic heterocycles. The van der Waals surface area contributed by atoms with Crippen molar-refractivity contribution in [1.29, 1.82) is 0 Å². The Hall–Kier alpha value is -1.79. The van der Waals surface area contributed by atoms with Crippen LogP contribution in [0.3, 0.4) is 0 Å². The minimum absolute atomic E-state index is 0.146. The van der Waals surface area contributed by atoms with Crippen LogP contribution in [-0.4, -0.2) is 47.0 Å². The number of nitrogens with zero attached hydrogens (tertiary/aromatic N) is 4. The van der Waals surface area contributed by atoms with Gasteiger partial charge in [0.2, 0.25) is 0 Å². The maximum absolute atomic E-state index is 12.6. The van der Waals surface area contributed by atoms with Crippen molar-refractivity contribution in [1.82, 2.24) is 14.9 Å². The lowest BCUT2D eigenvalue weighted by Gasteiger charge is -2.26. The summed E-state index contributed by atoms with van der Waals surface area (Å²) in [6.45, 7) is 3.82. The molecule has 1 amide bonds. The predicted octanol–water partition coefficient (Wildman–Crippen LogP) is 4.65. The van der Waals surface area contributed by atoms with E-state index in [4.69, 9.17) is 11.6 Å². The van der Waals surface area contributed by atoms with Crippen LogP contribution in [0, 0.1) is 0 Å². The van der Waals surface area contributed by atoms with E-state index >= 15 is 0 Å². The summed E-state index contributed by atoms with van der Waals surface area (Å²) in [5.74, 6) is 1.81. The number of rotatable bonds is 5. The number of thioether (sulfide) groups is 1. The molecule has 0 aliphatic carbocycles. The number of hydrogen-bond donors (Lipinski definition) is 0. The summed E-state index contributed by atoms with van der Waals surface area (Å²) in [5, 5.41) is 1.18. The van der Waals surface area contributed by atoms with Gasteiger partial charge in [0.25, 0.3) is 5.91 Å². The van der Waals surface area contributed by atoms with Crippen LogP contribution < -0.4 is 4.90 Å². The molecule has 0 unspecified atom stereocenters. The zero-order valence-corrected chi connectivity index (χ0v) is 17.5. The van der Waals surface area contributed by atoms with Gasteiger partial charge in [0.15, 0.2) is 5.16 Å². The van der Waals surface area contributed by atoms with E-state index in [0.29, 0.717) is 10.3 Å². The minimum atomic E-state index is 0.146. The normalized spacial score (nSPS) is 17.2. The number of halogens is 1. The van der Waals surface area contributed by atoms with E-state index in [2.05, 4.69) is 14.9 Å². The van der Waals surface area contributed by atoms with Crippen molar-refractivity contribution < 1.29 is 4.79 Å². The quantitative estimate of drug-likeness (QED) is 0.403. The van der Waals surface area contributed by atoms with Gasteiger partial charge in [0, 0.05) is 43.6 Å². The molecule has 2 aromatic rings. The lowest BCUT2D eigenvalue weighted by Crippen LogP contribution is -2.35. The highest BCUT2D eigenvalue weighted by molar-refractivity contribution is 7.98. The molecule has 7 heteroatoms. The Morgan fingerprint density at radius 2 is 1.64 bits per heavy atom. The van der Waals surface area contributed by atoms with E-state index in [1.807, 2.05) is 35.2 Å². The Balaban J connectivity index is 1.38. The fourth-order valence-electron chi connectivity index (χ4n) is 3.73. The first-order chi connectivity index (χ1) is 13.7. The molecule has 4 rings (SSSR count). The number of amides is 1. The Kier molecular flexibility index (Phi) is 6.37. The molecule has 28 heavy (non-hydrogen) atoms. The van der Waals surface area contributed by atoms with Crippen molar-refractivity contribution in [3.63, 3.8) is 0 Å². The molecule has 0 atom stereocenters. The molecule has 1 aromatic heterocycles. The van der Waals surface area contributed by atoms with Gasteiger partial charge in [-0.25, -0.2) is 9.97 Å². The maximum Gasteiger partial charge on any atom is 0.253 e. The topological polar surface area (TPSA) is 49.3 Å². The van der Waals surface area contributed by atoms with E-state index in [9.17, 15) is 4.79 Å². The van der Waals surface area contributed by atoms with Gasteiger partial charge in [-0.3, -0.25) is 4.79 Å². The summed E-state index contributed by atoms with van der Waals surface area (Å²) in [7, 11) is 0. The smallest absolute Gasteiger partial charge is 0.253 e. The Labute approximate surface area is 175 Å². The van der Waals surface area contributed by atoms with Crippen LogP contribution in [0.4, 0.5) is 5.82 Å². The molecule has 5 nitrogen and oxygen atoms in total. The molecule has 1 aromatic carbocycles. The van der Waals surface area contributed by atoms with Crippen molar-refractivity contribution in [2.75, 3.05) is 31.1 Å². The Morgan fingerprint density at radius 1 is 0.964 bits per heavy atom. The number of carbonyl (C=O) groups excluding carboxylic acids is 1. The van der Waals surface area contributed by atoms with E-state index in [0.717, 1.165) is 61.7 Å². The van der Waals surface area contributed by atoms with Crippen molar-refractivity contribution in [3.05, 3.63) is 46.6 Å². The van der Waals surface area contributed by atoms with Gasteiger partial charge in [-0.2, -0.15) is 0 Å². The van der Waals surface area contributed by atoms with Crippen LogP contribution in [0.25, 0.3) is 0 Å². The molecular formula is C21H25ClN4OS. The molecule has 0 saturated carbocycles. The lowest BCUT2D eigenvalue weighted by atomic mass is 10.1. The standard InChI is InChI=1S/C21H25ClN4OS/c22-18-14-19(25-10-4-5-11-25)24-21(23-18)28-15-16-6-8-17(9-7-16)20(27)26-12-2-1-3-13-26/h6-9,14H,1-5,10-13,15H2. The molecule has 0 spiro atoms. The third-order valence-corrected chi connectivity index (χ3v) is 6.42. The van der Waals surface area contributed by atoms with Crippen LogP contribution in [0.15, 0.2) is 35.5 Å². The monoisotopic (exact) mass is 416 g/mol. The van der Waals surface area contributed by atoms with Crippen molar-refractivity contribution in [3.8, 4) is 0 Å². The Morgan fingerprint density at radius 3 is 2.36 bits per heavy atom. The summed E-state index contributed by atoms with van der Waals surface area (Å²) in [6, 6.07) is 9.76. The fraction of sp³-hybridized carbons (Fsp3) is 0.476. The van der Waals surface area contributed by atoms with Crippen molar-refractivity contribution in [2.45, 2.75) is 43.0 Å². The van der Waals surface area contributed by atoms with Gasteiger partial charge in [0.1, 0.15) is 11.0 Å². The van der Waals surface area contributed by atoms with Crippen LogP contribution in [0.2, 0.25) is 5.15 Å². The summed E-state index contributed by atoms with van der Waals surface area (Å²) in [4.78, 5) is 25.8.